The third-order valence-corrected chi connectivity index (χ3v) is 17.3. The molecule has 5 heterocycles. The number of nitrogens with one attached hydrogen (secondary N) is 3. The predicted octanol–water partition coefficient (Wildman–Crippen LogP) is 8.28. The van der Waals surface area contributed by atoms with Gasteiger partial charge in [-0.2, -0.15) is 0 Å². The number of aromatic nitrogens is 3. The molecule has 358 valence electrons. The van der Waals surface area contributed by atoms with Crippen LogP contribution in [0.25, 0.3) is 11.0 Å². The lowest BCUT2D eigenvalue weighted by atomic mass is 9.59. The van der Waals surface area contributed by atoms with E-state index in [1.54, 1.807) is 48.6 Å². The van der Waals surface area contributed by atoms with Gasteiger partial charge in [-0.25, -0.2) is 23.1 Å². The zero-order valence-electron chi connectivity index (χ0n) is 38.6. The van der Waals surface area contributed by atoms with Crippen molar-refractivity contribution in [3.8, 4) is 11.5 Å². The molecule has 2 aromatic carbocycles. The van der Waals surface area contributed by atoms with E-state index in [9.17, 15) is 28.4 Å². The zero-order valence-corrected chi connectivity index (χ0v) is 39.4. The molecule has 6 fully saturated rings. The Morgan fingerprint density at radius 1 is 0.912 bits per heavy atom. The van der Waals surface area contributed by atoms with Crippen molar-refractivity contribution in [2.75, 3.05) is 49.5 Å². The third kappa shape index (κ3) is 9.29. The Morgan fingerprint density at radius 2 is 1.68 bits per heavy atom. The van der Waals surface area contributed by atoms with Crippen molar-refractivity contribution >= 4 is 44.2 Å². The average molecular weight is 944 g/mol. The van der Waals surface area contributed by atoms with E-state index in [0.717, 1.165) is 93.7 Å². The predicted molar refractivity (Wildman–Crippen MR) is 259 cm³/mol. The summed E-state index contributed by atoms with van der Waals surface area (Å²) in [4.78, 5) is 44.5. The maximum absolute atomic E-state index is 14.0. The third-order valence-electron chi connectivity index (χ3n) is 16.0. The highest BCUT2D eigenvalue weighted by molar-refractivity contribution is 7.90. The lowest BCUT2D eigenvalue weighted by molar-refractivity contribution is -0.384. The summed E-state index contributed by atoms with van der Waals surface area (Å²) in [6.07, 6.45) is 16.8. The molecule has 3 aromatic heterocycles. The second kappa shape index (κ2) is 17.7. The topological polar surface area (TPSA) is 199 Å². The molecule has 0 unspecified atom stereocenters. The van der Waals surface area contributed by atoms with Gasteiger partial charge in [0, 0.05) is 86.8 Å². The number of anilines is 2. The van der Waals surface area contributed by atoms with Gasteiger partial charge in [-0.3, -0.25) is 24.7 Å². The summed E-state index contributed by atoms with van der Waals surface area (Å²) in [7, 11) is -4.63. The molecule has 68 heavy (non-hydrogen) atoms. The lowest BCUT2D eigenvalue weighted by Crippen LogP contribution is -2.60. The Balaban J connectivity index is 0.784. The lowest BCUT2D eigenvalue weighted by Gasteiger charge is -2.58. The minimum absolute atomic E-state index is 0.0337. The number of pyridine rings is 2. The van der Waals surface area contributed by atoms with Gasteiger partial charge in [0.2, 0.25) is 5.82 Å². The Kier molecular flexibility index (Phi) is 11.7. The van der Waals surface area contributed by atoms with Crippen LogP contribution in [0.3, 0.4) is 0 Å². The van der Waals surface area contributed by atoms with Crippen LogP contribution in [0, 0.1) is 21.4 Å². The number of piperidine rings is 1. The van der Waals surface area contributed by atoms with Crippen molar-refractivity contribution in [1.29, 1.82) is 0 Å². The Labute approximate surface area is 397 Å². The summed E-state index contributed by atoms with van der Waals surface area (Å²) in [6.45, 7) is 7.27. The average Bonchev–Trinajstić information content (AvgIpc) is 4.28. The number of aliphatic hydroxyl groups is 1. The van der Waals surface area contributed by atoms with Crippen LogP contribution in [0.5, 0.6) is 11.5 Å². The fourth-order valence-electron chi connectivity index (χ4n) is 11.6. The van der Waals surface area contributed by atoms with Crippen LogP contribution < -0.4 is 19.7 Å². The molecule has 1 amide bonds. The largest absolute Gasteiger partial charge is 0.455 e. The van der Waals surface area contributed by atoms with Gasteiger partial charge in [0.25, 0.3) is 15.9 Å². The van der Waals surface area contributed by atoms with Crippen molar-refractivity contribution < 1.29 is 28.0 Å². The van der Waals surface area contributed by atoms with E-state index >= 15 is 0 Å². The quantitative estimate of drug-likeness (QED) is 0.0613. The van der Waals surface area contributed by atoms with Crippen molar-refractivity contribution in [3.63, 3.8) is 0 Å². The molecule has 1 atom stereocenters. The number of sulfonamides is 1. The van der Waals surface area contributed by atoms with Gasteiger partial charge in [-0.1, -0.05) is 24.3 Å². The SMILES string of the molecule is C[C@]1(O)CC[C@H](CNc2ncc(S(=O)(=O)NC(=O)c3ccc(N4CCC5(CC4)CC(N4CCN(C6CC6)C[C@H]4c4ccccc4C4CC4)C5)cc3Oc3cnc4[nH]ccc4c3)cc2[N+](=O)[O-])CC1. The van der Waals surface area contributed by atoms with Crippen molar-refractivity contribution in [3.05, 3.63) is 106 Å². The normalized spacial score (nSPS) is 24.7. The molecule has 2 aliphatic heterocycles. The van der Waals surface area contributed by atoms with E-state index in [2.05, 4.69) is 64.0 Å². The van der Waals surface area contributed by atoms with E-state index in [-0.39, 0.29) is 28.5 Å². The number of aromatic amines is 1. The molecule has 6 aliphatic rings. The number of ether oxygens (including phenoxy) is 1. The first kappa shape index (κ1) is 44.9. The second-order valence-electron chi connectivity index (χ2n) is 20.9. The van der Waals surface area contributed by atoms with Gasteiger partial charge in [-0.05, 0) is 137 Å². The standard InChI is InChI=1S/C51H61N9O7S/c1-50(62)15-12-33(13-16-50)29-53-48-44(60(63)64)26-40(31-55-48)68(65,66)56-49(61)43-11-10-37(25-46(43)67-39-24-35-14-19-52-47(35)54-30-39)57-20-17-51(18-21-57)27-38(28-51)59-23-22-58(36-8-9-36)32-45(59)42-5-3-2-4-41(42)34-6-7-34/h2-5,10-11,14,19,24-26,30-31,33-34,36,38,45,62H,6-9,12-13,15-18,20-23,27-29,32H2,1H3,(H,52,54)(H,53,55)(H,56,61)/t33-,45-,50-/m0/s1. The molecule has 0 bridgehead atoms. The fourth-order valence-corrected chi connectivity index (χ4v) is 12.6. The van der Waals surface area contributed by atoms with Gasteiger partial charge in [0.05, 0.1) is 28.5 Å². The Morgan fingerprint density at radius 3 is 2.41 bits per heavy atom. The molecule has 11 rings (SSSR count). The van der Waals surface area contributed by atoms with Crippen molar-refractivity contribution in [1.82, 2.24) is 29.5 Å². The van der Waals surface area contributed by atoms with Crippen LogP contribution in [0.15, 0.2) is 84.1 Å². The highest BCUT2D eigenvalue weighted by Gasteiger charge is 2.51. The van der Waals surface area contributed by atoms with Crippen LogP contribution >= 0.6 is 0 Å². The fraction of sp³-hybridized carbons (Fsp3) is 0.510. The molecule has 5 aromatic rings. The summed E-state index contributed by atoms with van der Waals surface area (Å²) >= 11 is 0. The molecule has 17 heteroatoms. The van der Waals surface area contributed by atoms with Gasteiger partial charge < -0.3 is 25.0 Å². The summed E-state index contributed by atoms with van der Waals surface area (Å²) in [5.74, 6) is 0.361. The van der Waals surface area contributed by atoms with Crippen molar-refractivity contribution in [2.45, 2.75) is 119 Å². The molecule has 1 spiro atoms. The number of piperazine rings is 1. The Hall–Kier alpha value is -5.62. The number of carbonyl (C=O) groups is 1. The molecule has 4 aliphatic carbocycles. The van der Waals surface area contributed by atoms with Crippen LogP contribution in [0.4, 0.5) is 17.2 Å². The minimum atomic E-state index is -4.63. The maximum Gasteiger partial charge on any atom is 0.312 e. The molecule has 2 saturated heterocycles. The number of hydrogen-bond acceptors (Lipinski definition) is 13. The zero-order chi connectivity index (χ0) is 46.8. The molecule has 0 radical (unpaired) electrons. The highest BCUT2D eigenvalue weighted by Crippen LogP contribution is 2.54. The highest BCUT2D eigenvalue weighted by atomic mass is 32.2. The van der Waals surface area contributed by atoms with Crippen molar-refractivity contribution in [2.24, 2.45) is 11.3 Å². The minimum Gasteiger partial charge on any atom is -0.455 e. The van der Waals surface area contributed by atoms with Crippen LogP contribution in [-0.2, 0) is 10.0 Å². The van der Waals surface area contributed by atoms with E-state index in [1.165, 1.54) is 38.5 Å². The van der Waals surface area contributed by atoms with E-state index in [0.29, 0.717) is 42.9 Å². The molecule has 16 nitrogen and oxygen atoms in total. The first-order valence-electron chi connectivity index (χ1n) is 24.6. The first-order valence-corrected chi connectivity index (χ1v) is 26.0. The monoisotopic (exact) mass is 943 g/mol. The number of nitrogens with zero attached hydrogens (tertiary/aromatic N) is 6. The number of H-pyrrole nitrogens is 1. The smallest absolute Gasteiger partial charge is 0.312 e. The number of benzene rings is 2. The second-order valence-corrected chi connectivity index (χ2v) is 22.5. The van der Waals surface area contributed by atoms with Gasteiger partial charge in [0.15, 0.2) is 0 Å². The summed E-state index contributed by atoms with van der Waals surface area (Å²) in [5, 5.41) is 26.3. The van der Waals surface area contributed by atoms with Gasteiger partial charge >= 0.3 is 5.69 Å². The van der Waals surface area contributed by atoms with Crippen LogP contribution in [-0.4, -0.2) is 106 Å². The number of nitro groups is 1. The number of amides is 1. The molecule has 4 saturated carbocycles. The maximum atomic E-state index is 14.0. The van der Waals surface area contributed by atoms with Crippen LogP contribution in [0.1, 0.15) is 117 Å². The van der Waals surface area contributed by atoms with E-state index in [4.69, 9.17) is 4.74 Å². The summed E-state index contributed by atoms with van der Waals surface area (Å²) in [6, 6.07) is 20.8. The number of hydrogen-bond donors (Lipinski definition) is 4. The Bertz CT molecular complexity index is 2820. The molecule has 4 N–H and O–H groups in total. The summed E-state index contributed by atoms with van der Waals surface area (Å²) in [5.41, 5.74) is 3.65. The number of carbonyl (C=O) groups excluding carboxylic acids is 1. The molecular formula is C51H61N9O7S. The summed E-state index contributed by atoms with van der Waals surface area (Å²) < 4.78 is 36.0. The van der Waals surface area contributed by atoms with Gasteiger partial charge in [-0.15, -0.1) is 0 Å². The van der Waals surface area contributed by atoms with Crippen LogP contribution in [0.2, 0.25) is 0 Å². The van der Waals surface area contributed by atoms with E-state index < -0.39 is 37.0 Å². The first-order chi connectivity index (χ1) is 32.8. The van der Waals surface area contributed by atoms with Gasteiger partial charge in [0.1, 0.15) is 22.0 Å². The number of fused-ring (bicyclic) bond motifs is 1. The van der Waals surface area contributed by atoms with E-state index in [1.807, 2.05) is 12.1 Å². The number of rotatable bonds is 14. The molecular weight excluding hydrogens is 883 g/mol.